The molecule has 0 bridgehead atoms. The molecule has 7 heteroatoms. The van der Waals surface area contributed by atoms with Gasteiger partial charge in [-0.25, -0.2) is 0 Å². The van der Waals surface area contributed by atoms with Gasteiger partial charge in [-0.1, -0.05) is 0 Å². The summed E-state index contributed by atoms with van der Waals surface area (Å²) < 4.78 is 26.5. The van der Waals surface area contributed by atoms with Crippen LogP contribution in [0, 0.1) is 0 Å². The number of carbonyl (C=O) groups is 1. The van der Waals surface area contributed by atoms with Gasteiger partial charge in [-0.2, -0.15) is 0 Å². The highest BCUT2D eigenvalue weighted by Crippen LogP contribution is 2.35. The predicted octanol–water partition coefficient (Wildman–Crippen LogP) is 2.70. The summed E-state index contributed by atoms with van der Waals surface area (Å²) in [5, 5.41) is 2.89. The minimum atomic E-state index is -0.204. The van der Waals surface area contributed by atoms with Gasteiger partial charge in [0, 0.05) is 23.7 Å². The first-order valence-corrected chi connectivity index (χ1v) is 8.37. The predicted molar refractivity (Wildman–Crippen MR) is 102 cm³/mol. The number of hydrogen-bond donors (Lipinski definition) is 1. The fourth-order valence-electron chi connectivity index (χ4n) is 2.71. The lowest BCUT2D eigenvalue weighted by atomic mass is 10.1. The fraction of sp³-hybridized carbons (Fsp3) is 0.350. The Morgan fingerprint density at radius 2 is 1.52 bits per heavy atom. The Balaban J connectivity index is 2.09. The van der Waals surface area contributed by atoms with Gasteiger partial charge in [-0.3, -0.25) is 4.79 Å². The number of nitrogens with one attached hydrogen (secondary N) is 1. The van der Waals surface area contributed by atoms with Crippen molar-refractivity contribution in [1.29, 1.82) is 0 Å². The van der Waals surface area contributed by atoms with Crippen LogP contribution in [0.25, 0.3) is 0 Å². The van der Waals surface area contributed by atoms with E-state index in [0.717, 1.165) is 5.56 Å². The van der Waals surface area contributed by atoms with Gasteiger partial charge in [-0.05, 0) is 30.7 Å². The third kappa shape index (κ3) is 4.75. The molecule has 0 atom stereocenters. The van der Waals surface area contributed by atoms with Gasteiger partial charge in [0.2, 0.25) is 0 Å². The topological polar surface area (TPSA) is 75.3 Å². The van der Waals surface area contributed by atoms with Crippen LogP contribution in [0.15, 0.2) is 30.3 Å². The highest BCUT2D eigenvalue weighted by Gasteiger charge is 2.14. The van der Waals surface area contributed by atoms with Crippen LogP contribution < -0.4 is 29.0 Å². The highest BCUT2D eigenvalue weighted by molar-refractivity contribution is 5.94. The van der Waals surface area contributed by atoms with E-state index < -0.39 is 0 Å². The van der Waals surface area contributed by atoms with Crippen LogP contribution in [0.4, 0.5) is 0 Å². The molecule has 2 rings (SSSR count). The Morgan fingerprint density at radius 3 is 2.11 bits per heavy atom. The molecular weight excluding hydrogens is 350 g/mol. The van der Waals surface area contributed by atoms with Gasteiger partial charge in [-0.15, -0.1) is 0 Å². The minimum absolute atomic E-state index is 0.204. The molecule has 1 amide bonds. The molecule has 27 heavy (non-hydrogen) atoms. The number of benzene rings is 2. The van der Waals surface area contributed by atoms with Gasteiger partial charge < -0.3 is 29.0 Å². The van der Waals surface area contributed by atoms with Gasteiger partial charge in [0.25, 0.3) is 5.91 Å². The van der Waals surface area contributed by atoms with E-state index in [1.807, 2.05) is 6.07 Å². The summed E-state index contributed by atoms with van der Waals surface area (Å²) in [6.07, 6.45) is 0.551. The zero-order valence-electron chi connectivity index (χ0n) is 16.3. The first-order chi connectivity index (χ1) is 13.1. The largest absolute Gasteiger partial charge is 0.497 e. The van der Waals surface area contributed by atoms with Crippen molar-refractivity contribution in [2.45, 2.75) is 6.42 Å². The Morgan fingerprint density at radius 1 is 0.815 bits per heavy atom. The second kappa shape index (κ2) is 9.56. The van der Waals surface area contributed by atoms with E-state index in [9.17, 15) is 4.79 Å². The first kappa shape index (κ1) is 20.2. The lowest BCUT2D eigenvalue weighted by molar-refractivity contribution is 0.0953. The number of hydrogen-bond acceptors (Lipinski definition) is 6. The molecule has 0 fully saturated rings. The molecule has 2 aromatic carbocycles. The van der Waals surface area contributed by atoms with Crippen molar-refractivity contribution in [2.75, 3.05) is 42.1 Å². The molecule has 0 radical (unpaired) electrons. The van der Waals surface area contributed by atoms with Crippen molar-refractivity contribution in [3.05, 3.63) is 41.5 Å². The lowest BCUT2D eigenvalue weighted by Gasteiger charge is -2.15. The summed E-state index contributed by atoms with van der Waals surface area (Å²) in [6.45, 7) is 0.417. The van der Waals surface area contributed by atoms with E-state index in [2.05, 4.69) is 5.32 Å². The van der Waals surface area contributed by atoms with E-state index >= 15 is 0 Å². The molecule has 1 N–H and O–H groups in total. The van der Waals surface area contributed by atoms with Crippen LogP contribution in [0.2, 0.25) is 0 Å². The molecule has 0 saturated heterocycles. The number of methoxy groups -OCH3 is 5. The molecule has 146 valence electrons. The van der Waals surface area contributed by atoms with Crippen molar-refractivity contribution in [3.63, 3.8) is 0 Å². The normalized spacial score (nSPS) is 10.1. The summed E-state index contributed by atoms with van der Waals surface area (Å²) in [4.78, 5) is 12.4. The van der Waals surface area contributed by atoms with Crippen LogP contribution in [0.1, 0.15) is 15.9 Å². The first-order valence-electron chi connectivity index (χ1n) is 8.37. The molecule has 0 aliphatic heterocycles. The zero-order chi connectivity index (χ0) is 19.8. The standard InChI is InChI=1S/C20H25NO6/c1-23-15-10-13(19(27-5)18(12-15)26-4)8-9-21-20(22)14-6-7-16(24-2)17(11-14)25-3/h6-7,10-12H,8-9H2,1-5H3,(H,21,22). The molecule has 0 unspecified atom stereocenters. The van der Waals surface area contributed by atoms with Gasteiger partial charge in [0.1, 0.15) is 5.75 Å². The summed E-state index contributed by atoms with van der Waals surface area (Å²) in [5.74, 6) is 2.74. The second-order valence-corrected chi connectivity index (χ2v) is 5.60. The van der Waals surface area contributed by atoms with Crippen molar-refractivity contribution >= 4 is 5.91 Å². The maximum Gasteiger partial charge on any atom is 0.251 e. The van der Waals surface area contributed by atoms with Crippen molar-refractivity contribution in [2.24, 2.45) is 0 Å². The average Bonchev–Trinajstić information content (AvgIpc) is 2.72. The average molecular weight is 375 g/mol. The number of ether oxygens (including phenoxy) is 5. The molecule has 7 nitrogen and oxygen atoms in total. The van der Waals surface area contributed by atoms with Crippen molar-refractivity contribution in [3.8, 4) is 28.7 Å². The maximum atomic E-state index is 12.4. The van der Waals surface area contributed by atoms with Crippen molar-refractivity contribution < 1.29 is 28.5 Å². The fourth-order valence-corrected chi connectivity index (χ4v) is 2.71. The number of rotatable bonds is 9. The Kier molecular flexibility index (Phi) is 7.16. The number of amides is 1. The smallest absolute Gasteiger partial charge is 0.251 e. The molecule has 0 aliphatic rings. The second-order valence-electron chi connectivity index (χ2n) is 5.60. The molecule has 0 aromatic heterocycles. The quantitative estimate of drug-likeness (QED) is 0.726. The Hall–Kier alpha value is -3.09. The summed E-state index contributed by atoms with van der Waals surface area (Å²) >= 11 is 0. The van der Waals surface area contributed by atoms with Crippen LogP contribution in [-0.2, 0) is 6.42 Å². The SMILES string of the molecule is COc1cc(CCNC(=O)c2ccc(OC)c(OC)c2)c(OC)c(OC)c1. The monoisotopic (exact) mass is 375 g/mol. The molecule has 0 heterocycles. The molecule has 2 aromatic rings. The molecule has 0 aliphatic carbocycles. The van der Waals surface area contributed by atoms with Gasteiger partial charge >= 0.3 is 0 Å². The summed E-state index contributed by atoms with van der Waals surface area (Å²) in [6, 6.07) is 8.65. The molecule has 0 spiro atoms. The third-order valence-electron chi connectivity index (χ3n) is 4.09. The van der Waals surface area contributed by atoms with Crippen LogP contribution in [-0.4, -0.2) is 48.0 Å². The minimum Gasteiger partial charge on any atom is -0.497 e. The van der Waals surface area contributed by atoms with E-state index in [4.69, 9.17) is 23.7 Å². The molecular formula is C20H25NO6. The van der Waals surface area contributed by atoms with E-state index in [0.29, 0.717) is 47.3 Å². The lowest BCUT2D eigenvalue weighted by Crippen LogP contribution is -2.25. The summed E-state index contributed by atoms with van der Waals surface area (Å²) in [5.41, 5.74) is 1.36. The third-order valence-corrected chi connectivity index (χ3v) is 4.09. The van der Waals surface area contributed by atoms with Crippen LogP contribution in [0.3, 0.4) is 0 Å². The highest BCUT2D eigenvalue weighted by atomic mass is 16.5. The van der Waals surface area contributed by atoms with Gasteiger partial charge in [0.05, 0.1) is 35.5 Å². The maximum absolute atomic E-state index is 12.4. The van der Waals surface area contributed by atoms with Crippen LogP contribution in [0.5, 0.6) is 28.7 Å². The van der Waals surface area contributed by atoms with Gasteiger partial charge in [0.15, 0.2) is 23.0 Å². The molecule has 0 saturated carbocycles. The number of carbonyl (C=O) groups excluding carboxylic acids is 1. The zero-order valence-corrected chi connectivity index (χ0v) is 16.3. The Labute approximate surface area is 159 Å². The van der Waals surface area contributed by atoms with E-state index in [1.54, 1.807) is 52.7 Å². The van der Waals surface area contributed by atoms with E-state index in [1.165, 1.54) is 7.11 Å². The van der Waals surface area contributed by atoms with E-state index in [-0.39, 0.29) is 5.91 Å². The van der Waals surface area contributed by atoms with Crippen molar-refractivity contribution in [1.82, 2.24) is 5.32 Å². The Bertz CT molecular complexity index is 790. The van der Waals surface area contributed by atoms with Crippen LogP contribution >= 0.6 is 0 Å². The summed E-state index contributed by atoms with van der Waals surface area (Å²) in [7, 11) is 7.81.